The molecule has 0 aliphatic carbocycles. The van der Waals surface area contributed by atoms with Gasteiger partial charge >= 0.3 is 6.03 Å². The minimum Gasteiger partial charge on any atom is -0.389 e. The van der Waals surface area contributed by atoms with Crippen LogP contribution in [0.5, 0.6) is 0 Å². The first-order valence-corrected chi connectivity index (χ1v) is 8.10. The van der Waals surface area contributed by atoms with Crippen LogP contribution in [0.2, 0.25) is 0 Å². The van der Waals surface area contributed by atoms with Crippen LogP contribution in [0.15, 0.2) is 24.3 Å². The molecule has 0 bridgehead atoms. The lowest BCUT2D eigenvalue weighted by Crippen LogP contribution is -2.43. The third-order valence-electron chi connectivity index (χ3n) is 3.50. The number of nitrogens with zero attached hydrogens (tertiary/aromatic N) is 1. The third kappa shape index (κ3) is 3.90. The summed E-state index contributed by atoms with van der Waals surface area (Å²) in [5.74, 6) is 1.000. The van der Waals surface area contributed by atoms with Gasteiger partial charge in [-0.25, -0.2) is 4.79 Å². The zero-order chi connectivity index (χ0) is 14.5. The average molecular weight is 294 g/mol. The van der Waals surface area contributed by atoms with E-state index in [0.717, 1.165) is 36.5 Å². The normalized spacial score (nSPS) is 20.6. The van der Waals surface area contributed by atoms with Crippen LogP contribution in [-0.2, 0) is 0 Å². The summed E-state index contributed by atoms with van der Waals surface area (Å²) in [6, 6.07) is 7.31. The molecule has 4 nitrogen and oxygen atoms in total. The lowest BCUT2D eigenvalue weighted by Gasteiger charge is -2.32. The zero-order valence-corrected chi connectivity index (χ0v) is 12.8. The standard InChI is InChI=1S/C15H22N2O2S/c1-3-14-10-17(7-8-20-14)15(19)16-13-6-4-5-12(9-13)11(2)18/h4-6,9,11,14,18H,3,7-8,10H2,1-2H3,(H,16,19). The Bertz CT molecular complexity index is 465. The van der Waals surface area contributed by atoms with E-state index in [1.807, 2.05) is 40.9 Å². The Morgan fingerprint density at radius 2 is 2.40 bits per heavy atom. The van der Waals surface area contributed by atoms with E-state index >= 15 is 0 Å². The molecule has 1 fully saturated rings. The van der Waals surface area contributed by atoms with E-state index in [9.17, 15) is 9.90 Å². The van der Waals surface area contributed by atoms with Crippen molar-refractivity contribution in [3.8, 4) is 0 Å². The number of carbonyl (C=O) groups excluding carboxylic acids is 1. The smallest absolute Gasteiger partial charge is 0.321 e. The summed E-state index contributed by atoms with van der Waals surface area (Å²) in [4.78, 5) is 14.1. The number of hydrogen-bond acceptors (Lipinski definition) is 3. The molecule has 2 amide bonds. The van der Waals surface area contributed by atoms with Crippen molar-refractivity contribution in [2.24, 2.45) is 0 Å². The Labute approximate surface area is 124 Å². The molecule has 5 heteroatoms. The molecular weight excluding hydrogens is 272 g/mol. The fraction of sp³-hybridized carbons (Fsp3) is 0.533. The second kappa shape index (κ2) is 6.99. The first-order chi connectivity index (χ1) is 9.60. The highest BCUT2D eigenvalue weighted by molar-refractivity contribution is 8.00. The third-order valence-corrected chi connectivity index (χ3v) is 4.87. The number of nitrogens with one attached hydrogen (secondary N) is 1. The SMILES string of the molecule is CCC1CN(C(=O)Nc2cccc(C(C)O)c2)CCS1. The van der Waals surface area contributed by atoms with Gasteiger partial charge in [-0.1, -0.05) is 19.1 Å². The van der Waals surface area contributed by atoms with Crippen molar-refractivity contribution in [3.63, 3.8) is 0 Å². The predicted octanol–water partition coefficient (Wildman–Crippen LogP) is 3.10. The molecule has 1 heterocycles. The summed E-state index contributed by atoms with van der Waals surface area (Å²) >= 11 is 1.94. The second-order valence-electron chi connectivity index (χ2n) is 5.08. The van der Waals surface area contributed by atoms with Crippen molar-refractivity contribution in [1.82, 2.24) is 4.90 Å². The van der Waals surface area contributed by atoms with Gasteiger partial charge in [0.05, 0.1) is 6.10 Å². The van der Waals surface area contributed by atoms with Crippen LogP contribution in [0.3, 0.4) is 0 Å². The zero-order valence-electron chi connectivity index (χ0n) is 12.0. The number of carbonyl (C=O) groups is 1. The molecule has 2 atom stereocenters. The molecule has 1 aromatic carbocycles. The van der Waals surface area contributed by atoms with Crippen molar-refractivity contribution in [2.75, 3.05) is 24.2 Å². The number of aliphatic hydroxyl groups excluding tert-OH is 1. The molecule has 2 rings (SSSR count). The lowest BCUT2D eigenvalue weighted by atomic mass is 10.1. The monoisotopic (exact) mass is 294 g/mol. The van der Waals surface area contributed by atoms with Gasteiger partial charge in [-0.05, 0) is 31.0 Å². The summed E-state index contributed by atoms with van der Waals surface area (Å²) in [7, 11) is 0. The summed E-state index contributed by atoms with van der Waals surface area (Å²) < 4.78 is 0. The maximum absolute atomic E-state index is 12.3. The maximum Gasteiger partial charge on any atom is 0.321 e. The number of urea groups is 1. The van der Waals surface area contributed by atoms with Gasteiger partial charge in [0.25, 0.3) is 0 Å². The molecule has 1 saturated heterocycles. The van der Waals surface area contributed by atoms with Gasteiger partial charge in [0.15, 0.2) is 0 Å². The van der Waals surface area contributed by atoms with E-state index in [4.69, 9.17) is 0 Å². The minimum atomic E-state index is -0.525. The van der Waals surface area contributed by atoms with E-state index in [0.29, 0.717) is 5.25 Å². The largest absolute Gasteiger partial charge is 0.389 e. The van der Waals surface area contributed by atoms with E-state index in [1.54, 1.807) is 6.92 Å². The Morgan fingerprint density at radius 1 is 1.60 bits per heavy atom. The molecule has 110 valence electrons. The molecule has 2 N–H and O–H groups in total. The average Bonchev–Trinajstić information content (AvgIpc) is 2.47. The highest BCUT2D eigenvalue weighted by Crippen LogP contribution is 2.22. The highest BCUT2D eigenvalue weighted by Gasteiger charge is 2.22. The van der Waals surface area contributed by atoms with Crippen molar-refractivity contribution in [3.05, 3.63) is 29.8 Å². The molecule has 0 radical (unpaired) electrons. The summed E-state index contributed by atoms with van der Waals surface area (Å²) in [5.41, 5.74) is 1.54. The molecule has 1 aliphatic rings. The van der Waals surface area contributed by atoms with Crippen LogP contribution >= 0.6 is 11.8 Å². The fourth-order valence-corrected chi connectivity index (χ4v) is 3.41. The van der Waals surface area contributed by atoms with Crippen molar-refractivity contribution in [1.29, 1.82) is 0 Å². The molecule has 1 aromatic rings. The van der Waals surface area contributed by atoms with Crippen LogP contribution < -0.4 is 5.32 Å². The first-order valence-electron chi connectivity index (χ1n) is 7.05. The molecular formula is C15H22N2O2S. The fourth-order valence-electron chi connectivity index (χ4n) is 2.23. The summed E-state index contributed by atoms with van der Waals surface area (Å²) in [5, 5.41) is 13.0. The number of rotatable bonds is 3. The van der Waals surface area contributed by atoms with Crippen molar-refractivity contribution < 1.29 is 9.90 Å². The first kappa shape index (κ1) is 15.2. The van der Waals surface area contributed by atoms with Crippen LogP contribution in [-0.4, -0.2) is 40.1 Å². The number of thioether (sulfide) groups is 1. The Morgan fingerprint density at radius 3 is 3.10 bits per heavy atom. The van der Waals surface area contributed by atoms with Gasteiger partial charge in [0.2, 0.25) is 0 Å². The Hall–Kier alpha value is -1.20. The maximum atomic E-state index is 12.3. The van der Waals surface area contributed by atoms with E-state index in [2.05, 4.69) is 12.2 Å². The number of anilines is 1. The van der Waals surface area contributed by atoms with Crippen molar-refractivity contribution >= 4 is 23.5 Å². The molecule has 2 unspecified atom stereocenters. The van der Waals surface area contributed by atoms with Crippen LogP contribution in [0.4, 0.5) is 10.5 Å². The number of benzene rings is 1. The van der Waals surface area contributed by atoms with Crippen LogP contribution in [0.1, 0.15) is 31.9 Å². The molecule has 0 saturated carbocycles. The highest BCUT2D eigenvalue weighted by atomic mass is 32.2. The lowest BCUT2D eigenvalue weighted by molar-refractivity contribution is 0.199. The Kier molecular flexibility index (Phi) is 5.31. The molecule has 1 aliphatic heterocycles. The topological polar surface area (TPSA) is 52.6 Å². The van der Waals surface area contributed by atoms with Gasteiger partial charge in [0, 0.05) is 29.8 Å². The molecule has 0 spiro atoms. The quantitative estimate of drug-likeness (QED) is 0.900. The van der Waals surface area contributed by atoms with Crippen LogP contribution in [0, 0.1) is 0 Å². The summed E-state index contributed by atoms with van der Waals surface area (Å²) in [6.07, 6.45) is 0.564. The van der Waals surface area contributed by atoms with Gasteiger partial charge in [-0.2, -0.15) is 11.8 Å². The van der Waals surface area contributed by atoms with Gasteiger partial charge in [-0.15, -0.1) is 0 Å². The number of hydrogen-bond donors (Lipinski definition) is 2. The van der Waals surface area contributed by atoms with Gasteiger partial charge in [0.1, 0.15) is 0 Å². The predicted molar refractivity (Wildman–Crippen MR) is 84.2 cm³/mol. The van der Waals surface area contributed by atoms with Gasteiger partial charge in [-0.3, -0.25) is 0 Å². The second-order valence-corrected chi connectivity index (χ2v) is 6.49. The molecule has 20 heavy (non-hydrogen) atoms. The molecule has 0 aromatic heterocycles. The minimum absolute atomic E-state index is 0.0495. The number of aliphatic hydroxyl groups is 1. The van der Waals surface area contributed by atoms with E-state index < -0.39 is 6.10 Å². The van der Waals surface area contributed by atoms with Gasteiger partial charge < -0.3 is 15.3 Å². The van der Waals surface area contributed by atoms with E-state index in [1.165, 1.54) is 0 Å². The van der Waals surface area contributed by atoms with Crippen LogP contribution in [0.25, 0.3) is 0 Å². The number of amides is 2. The summed E-state index contributed by atoms with van der Waals surface area (Å²) in [6.45, 7) is 5.48. The Balaban J connectivity index is 1.98. The van der Waals surface area contributed by atoms with E-state index in [-0.39, 0.29) is 6.03 Å². The van der Waals surface area contributed by atoms with Crippen molar-refractivity contribution in [2.45, 2.75) is 31.6 Å².